The molecule has 1 aliphatic heterocycles. The summed E-state index contributed by atoms with van der Waals surface area (Å²) in [7, 11) is 0. The number of hydrogen-bond donors (Lipinski definition) is 1. The van der Waals surface area contributed by atoms with E-state index in [0.717, 1.165) is 12.0 Å². The molecule has 0 saturated heterocycles. The number of halogens is 3. The Morgan fingerprint density at radius 3 is 2.77 bits per heavy atom. The molecule has 158 valence electrons. The molecule has 0 fully saturated rings. The molecular formula is C21H20F3N3O3. The third-order valence-corrected chi connectivity index (χ3v) is 4.97. The molecule has 0 spiro atoms. The van der Waals surface area contributed by atoms with Crippen LogP contribution in [0.5, 0.6) is 11.5 Å². The van der Waals surface area contributed by atoms with Crippen molar-refractivity contribution >= 4 is 12.0 Å². The van der Waals surface area contributed by atoms with Crippen molar-refractivity contribution in [1.82, 2.24) is 15.3 Å². The molecule has 0 radical (unpaired) electrons. The van der Waals surface area contributed by atoms with E-state index in [0.29, 0.717) is 36.5 Å². The van der Waals surface area contributed by atoms with E-state index in [2.05, 4.69) is 15.3 Å². The van der Waals surface area contributed by atoms with Crippen LogP contribution in [0.15, 0.2) is 24.3 Å². The minimum atomic E-state index is -4.50. The largest absolute Gasteiger partial charge is 0.454 e. The number of fused-ring (bicyclic) bond motifs is 2. The Morgan fingerprint density at radius 1 is 1.13 bits per heavy atom. The molecular weight excluding hydrogens is 399 g/mol. The van der Waals surface area contributed by atoms with E-state index >= 15 is 0 Å². The zero-order chi connectivity index (χ0) is 21.1. The maximum absolute atomic E-state index is 13.4. The quantitative estimate of drug-likeness (QED) is 0.752. The zero-order valence-electron chi connectivity index (χ0n) is 16.1. The molecule has 0 atom stereocenters. The van der Waals surface area contributed by atoms with Crippen molar-refractivity contribution in [3.63, 3.8) is 0 Å². The van der Waals surface area contributed by atoms with Gasteiger partial charge in [-0.15, -0.1) is 0 Å². The van der Waals surface area contributed by atoms with E-state index < -0.39 is 11.9 Å². The minimum Gasteiger partial charge on any atom is -0.454 e. The molecule has 0 unspecified atom stereocenters. The van der Waals surface area contributed by atoms with Gasteiger partial charge in [-0.2, -0.15) is 13.2 Å². The van der Waals surface area contributed by atoms with Gasteiger partial charge in [-0.25, -0.2) is 9.97 Å². The fraction of sp³-hybridized carbons (Fsp3) is 0.381. The summed E-state index contributed by atoms with van der Waals surface area (Å²) < 4.78 is 50.6. The summed E-state index contributed by atoms with van der Waals surface area (Å²) in [6.07, 6.45) is 1.01. The van der Waals surface area contributed by atoms with Crippen molar-refractivity contribution < 1.29 is 27.4 Å². The van der Waals surface area contributed by atoms with Gasteiger partial charge in [0.05, 0.1) is 0 Å². The van der Waals surface area contributed by atoms with Gasteiger partial charge in [0.2, 0.25) is 12.7 Å². The summed E-state index contributed by atoms with van der Waals surface area (Å²) in [5.74, 6) is 1.01. The topological polar surface area (TPSA) is 73.3 Å². The maximum atomic E-state index is 13.4. The molecule has 6 nitrogen and oxygen atoms in total. The van der Waals surface area contributed by atoms with E-state index in [1.54, 1.807) is 24.3 Å². The van der Waals surface area contributed by atoms with E-state index in [4.69, 9.17) is 9.47 Å². The van der Waals surface area contributed by atoms with Gasteiger partial charge in [0.1, 0.15) is 5.82 Å². The van der Waals surface area contributed by atoms with Crippen LogP contribution < -0.4 is 14.8 Å². The van der Waals surface area contributed by atoms with Crippen LogP contribution >= 0.6 is 0 Å². The lowest BCUT2D eigenvalue weighted by atomic mass is 9.94. The highest BCUT2D eigenvalue weighted by Gasteiger charge is 2.37. The lowest BCUT2D eigenvalue weighted by molar-refractivity contribution is -0.142. The number of rotatable bonds is 5. The number of amides is 1. The van der Waals surface area contributed by atoms with Crippen LogP contribution in [-0.4, -0.2) is 29.2 Å². The second-order valence-corrected chi connectivity index (χ2v) is 7.11. The Hall–Kier alpha value is -3.10. The summed E-state index contributed by atoms with van der Waals surface area (Å²) in [6, 6.07) is 5.30. The first-order valence-electron chi connectivity index (χ1n) is 9.71. The molecule has 0 saturated carbocycles. The number of hydrogen-bond acceptors (Lipinski definition) is 5. The SMILES string of the molecule is O=C(/C=C/c1ccc2c(c1)OCO2)NCCc1nc2c(c(C(F)(F)F)n1)CCCC2. The molecule has 1 aromatic carbocycles. The molecule has 2 aromatic rings. The fourth-order valence-corrected chi connectivity index (χ4v) is 3.54. The van der Waals surface area contributed by atoms with Crippen LogP contribution in [0, 0.1) is 0 Å². The average molecular weight is 419 g/mol. The van der Waals surface area contributed by atoms with Crippen LogP contribution in [0.25, 0.3) is 6.08 Å². The Labute approximate surface area is 171 Å². The predicted octanol–water partition coefficient (Wildman–Crippen LogP) is 3.48. The molecule has 30 heavy (non-hydrogen) atoms. The molecule has 1 aromatic heterocycles. The Balaban J connectivity index is 1.36. The molecule has 2 aliphatic rings. The molecule has 9 heteroatoms. The van der Waals surface area contributed by atoms with Crippen molar-refractivity contribution in [2.75, 3.05) is 13.3 Å². The second kappa shape index (κ2) is 8.33. The van der Waals surface area contributed by atoms with Crippen molar-refractivity contribution in [1.29, 1.82) is 0 Å². The predicted molar refractivity (Wildman–Crippen MR) is 102 cm³/mol. The third kappa shape index (κ3) is 4.55. The summed E-state index contributed by atoms with van der Waals surface area (Å²) in [4.78, 5) is 20.1. The summed E-state index contributed by atoms with van der Waals surface area (Å²) in [5, 5.41) is 2.65. The number of nitrogens with zero attached hydrogens (tertiary/aromatic N) is 2. The number of benzene rings is 1. The number of ether oxygens (including phenoxy) is 2. The molecule has 4 rings (SSSR count). The van der Waals surface area contributed by atoms with Gasteiger partial charge in [-0.3, -0.25) is 4.79 Å². The lowest BCUT2D eigenvalue weighted by Gasteiger charge is -2.20. The number of alkyl halides is 3. The highest BCUT2D eigenvalue weighted by Crippen LogP contribution is 2.34. The Kier molecular flexibility index (Phi) is 5.61. The van der Waals surface area contributed by atoms with Gasteiger partial charge >= 0.3 is 6.18 Å². The smallest absolute Gasteiger partial charge is 0.433 e. The van der Waals surface area contributed by atoms with Crippen LogP contribution in [0.1, 0.15) is 41.2 Å². The van der Waals surface area contributed by atoms with Gasteiger partial charge in [-0.1, -0.05) is 6.07 Å². The highest BCUT2D eigenvalue weighted by atomic mass is 19.4. The van der Waals surface area contributed by atoms with Gasteiger partial charge in [0, 0.05) is 30.3 Å². The number of nitrogens with one attached hydrogen (secondary N) is 1. The van der Waals surface area contributed by atoms with Gasteiger partial charge in [0.15, 0.2) is 17.2 Å². The number of carbonyl (C=O) groups excluding carboxylic acids is 1. The maximum Gasteiger partial charge on any atom is 0.433 e. The van der Waals surface area contributed by atoms with Crippen LogP contribution in [-0.2, 0) is 30.2 Å². The van der Waals surface area contributed by atoms with Gasteiger partial charge in [0.25, 0.3) is 0 Å². The van der Waals surface area contributed by atoms with Crippen LogP contribution in [0.4, 0.5) is 13.2 Å². The fourth-order valence-electron chi connectivity index (χ4n) is 3.54. The number of aromatic nitrogens is 2. The number of carbonyl (C=O) groups is 1. The first kappa shape index (κ1) is 20.2. The standard InChI is InChI=1S/C21H20F3N3O3/c22-21(23,24)20-14-3-1-2-4-15(14)26-18(27-20)9-10-25-19(28)8-6-13-5-7-16-17(11-13)30-12-29-16/h5-8,11H,1-4,9-10,12H2,(H,25,28)/b8-6+. The summed E-state index contributed by atoms with van der Waals surface area (Å²) >= 11 is 0. The zero-order valence-corrected chi connectivity index (χ0v) is 16.1. The Morgan fingerprint density at radius 2 is 1.93 bits per heavy atom. The van der Waals surface area contributed by atoms with E-state index in [1.807, 2.05) is 0 Å². The summed E-state index contributed by atoms with van der Waals surface area (Å²) in [6.45, 7) is 0.310. The molecule has 0 bridgehead atoms. The minimum absolute atomic E-state index is 0.100. The lowest BCUT2D eigenvalue weighted by Crippen LogP contribution is -2.26. The van der Waals surface area contributed by atoms with Gasteiger partial charge in [-0.05, 0) is 49.5 Å². The highest BCUT2D eigenvalue weighted by molar-refractivity contribution is 5.91. The van der Waals surface area contributed by atoms with Crippen molar-refractivity contribution in [2.24, 2.45) is 0 Å². The van der Waals surface area contributed by atoms with E-state index in [9.17, 15) is 18.0 Å². The van der Waals surface area contributed by atoms with E-state index in [1.165, 1.54) is 6.08 Å². The van der Waals surface area contributed by atoms with Crippen molar-refractivity contribution in [3.05, 3.63) is 52.6 Å². The summed E-state index contributed by atoms with van der Waals surface area (Å²) in [5.41, 5.74) is 0.624. The molecule has 1 N–H and O–H groups in total. The van der Waals surface area contributed by atoms with Gasteiger partial charge < -0.3 is 14.8 Å². The number of aryl methyl sites for hydroxylation is 1. The monoisotopic (exact) mass is 419 g/mol. The first-order valence-corrected chi connectivity index (χ1v) is 9.71. The van der Waals surface area contributed by atoms with Crippen LogP contribution in [0.3, 0.4) is 0 Å². The first-order chi connectivity index (χ1) is 14.4. The molecule has 2 heterocycles. The second-order valence-electron chi connectivity index (χ2n) is 7.11. The van der Waals surface area contributed by atoms with Crippen LogP contribution in [0.2, 0.25) is 0 Å². The average Bonchev–Trinajstić information content (AvgIpc) is 3.19. The van der Waals surface area contributed by atoms with Crippen molar-refractivity contribution in [2.45, 2.75) is 38.3 Å². The molecule has 1 aliphatic carbocycles. The Bertz CT molecular complexity index is 989. The van der Waals surface area contributed by atoms with E-state index in [-0.39, 0.29) is 37.1 Å². The third-order valence-electron chi connectivity index (χ3n) is 4.97. The molecule has 1 amide bonds. The normalized spacial score (nSPS) is 15.3. The van der Waals surface area contributed by atoms with Crippen molar-refractivity contribution in [3.8, 4) is 11.5 Å².